The van der Waals surface area contributed by atoms with Gasteiger partial charge in [0.2, 0.25) is 0 Å². The van der Waals surface area contributed by atoms with Gasteiger partial charge < -0.3 is 10.1 Å². The number of thiophene rings is 1. The van der Waals surface area contributed by atoms with Crippen molar-refractivity contribution in [3.8, 4) is 33.4 Å². The zero-order valence-corrected chi connectivity index (χ0v) is 22.9. The molecule has 0 unspecified atom stereocenters. The van der Waals surface area contributed by atoms with Gasteiger partial charge in [-0.1, -0.05) is 60.7 Å². The van der Waals surface area contributed by atoms with Gasteiger partial charge in [-0.05, 0) is 57.0 Å². The number of rotatable bonds is 8. The average molecular weight is 547 g/mol. The van der Waals surface area contributed by atoms with Crippen molar-refractivity contribution in [1.82, 2.24) is 10.2 Å². The van der Waals surface area contributed by atoms with Crippen LogP contribution in [0, 0.1) is 0 Å². The summed E-state index contributed by atoms with van der Waals surface area (Å²) in [5.74, 6) is -0.0304. The second kappa shape index (κ2) is 11.6. The predicted molar refractivity (Wildman–Crippen MR) is 153 cm³/mol. The molecule has 196 valence electrons. The third kappa shape index (κ3) is 6.39. The van der Waals surface area contributed by atoms with Crippen molar-refractivity contribution in [1.29, 1.82) is 0 Å². The number of ether oxygens (including phenoxy) is 1. The molecule has 0 radical (unpaired) electrons. The predicted octanol–water partition coefficient (Wildman–Crippen LogP) is 5.21. The maximum atomic E-state index is 12.6. The van der Waals surface area contributed by atoms with E-state index >= 15 is 0 Å². The van der Waals surface area contributed by atoms with Gasteiger partial charge in [-0.3, -0.25) is 9.69 Å². The van der Waals surface area contributed by atoms with Crippen molar-refractivity contribution >= 4 is 27.1 Å². The Balaban J connectivity index is 1.20. The summed E-state index contributed by atoms with van der Waals surface area (Å²) in [5.41, 5.74) is 6.30. The van der Waals surface area contributed by atoms with E-state index in [-0.39, 0.29) is 5.91 Å². The molecule has 0 spiro atoms. The quantitative estimate of drug-likeness (QED) is 0.328. The van der Waals surface area contributed by atoms with Crippen LogP contribution >= 0.6 is 11.3 Å². The molecular weight excluding hydrogens is 516 g/mol. The van der Waals surface area contributed by atoms with Gasteiger partial charge in [0.15, 0.2) is 9.84 Å². The summed E-state index contributed by atoms with van der Waals surface area (Å²) in [4.78, 5) is 15.9. The molecule has 2 heterocycles. The molecular formula is C30H30N2O4S2. The van der Waals surface area contributed by atoms with E-state index in [9.17, 15) is 13.2 Å². The van der Waals surface area contributed by atoms with Crippen molar-refractivity contribution in [2.45, 2.75) is 4.90 Å². The highest BCUT2D eigenvalue weighted by Crippen LogP contribution is 2.30. The van der Waals surface area contributed by atoms with Crippen LogP contribution in [0.4, 0.5) is 0 Å². The molecule has 1 aliphatic heterocycles. The zero-order valence-electron chi connectivity index (χ0n) is 21.2. The lowest BCUT2D eigenvalue weighted by molar-refractivity contribution is 0.0383. The molecule has 38 heavy (non-hydrogen) atoms. The van der Waals surface area contributed by atoms with E-state index in [1.54, 1.807) is 12.1 Å². The number of nitrogens with one attached hydrogen (secondary N) is 1. The van der Waals surface area contributed by atoms with Gasteiger partial charge in [-0.2, -0.15) is 0 Å². The van der Waals surface area contributed by atoms with E-state index in [1.807, 2.05) is 35.7 Å². The molecule has 6 nitrogen and oxygen atoms in total. The van der Waals surface area contributed by atoms with Gasteiger partial charge in [0.25, 0.3) is 5.91 Å². The molecule has 5 rings (SSSR count). The van der Waals surface area contributed by atoms with E-state index in [0.717, 1.165) is 66.2 Å². The normalized spacial score (nSPS) is 14.3. The van der Waals surface area contributed by atoms with E-state index in [2.05, 4.69) is 46.6 Å². The van der Waals surface area contributed by atoms with Crippen LogP contribution in [0.2, 0.25) is 0 Å². The van der Waals surface area contributed by atoms with Crippen LogP contribution in [0.25, 0.3) is 33.4 Å². The number of benzene rings is 3. The molecule has 1 amide bonds. The smallest absolute Gasteiger partial charge is 0.261 e. The second-order valence-electron chi connectivity index (χ2n) is 9.36. The van der Waals surface area contributed by atoms with Gasteiger partial charge in [-0.15, -0.1) is 11.3 Å². The summed E-state index contributed by atoms with van der Waals surface area (Å²) in [6.07, 6.45) is 1.21. The highest BCUT2D eigenvalue weighted by Gasteiger charge is 2.13. The van der Waals surface area contributed by atoms with Crippen molar-refractivity contribution in [2.75, 3.05) is 45.6 Å². The van der Waals surface area contributed by atoms with Crippen LogP contribution in [-0.2, 0) is 14.6 Å². The van der Waals surface area contributed by atoms with Gasteiger partial charge in [-0.25, -0.2) is 8.42 Å². The first-order chi connectivity index (χ1) is 18.4. The standard InChI is InChI=1S/C30H30N2O4S2/c1-38(34,35)28-12-10-25(11-13-28)24-4-2-22(3-5-24)23-6-8-26(9-7-23)27-20-29(37-21-27)30(33)31-14-15-32-16-18-36-19-17-32/h2-13,20-21H,14-19H2,1H3,(H,31,33). The summed E-state index contributed by atoms with van der Waals surface area (Å²) in [5, 5.41) is 5.05. The average Bonchev–Trinajstić information content (AvgIpc) is 3.44. The SMILES string of the molecule is CS(=O)(=O)c1ccc(-c2ccc(-c3ccc(-c4csc(C(=O)NCCN5CCOCC5)c4)cc3)cc2)cc1. The van der Waals surface area contributed by atoms with Crippen molar-refractivity contribution in [3.05, 3.63) is 89.1 Å². The molecule has 1 aliphatic rings. The zero-order chi connectivity index (χ0) is 26.5. The Bertz CT molecular complexity index is 1490. The topological polar surface area (TPSA) is 75.7 Å². The minimum absolute atomic E-state index is 0.0304. The monoisotopic (exact) mass is 546 g/mol. The lowest BCUT2D eigenvalue weighted by Crippen LogP contribution is -2.41. The highest BCUT2D eigenvalue weighted by molar-refractivity contribution is 7.90. The maximum Gasteiger partial charge on any atom is 0.261 e. The molecule has 0 aliphatic carbocycles. The number of nitrogens with zero attached hydrogens (tertiary/aromatic N) is 1. The first kappa shape index (κ1) is 26.3. The molecule has 0 atom stereocenters. The summed E-state index contributed by atoms with van der Waals surface area (Å²) >= 11 is 1.46. The largest absolute Gasteiger partial charge is 0.379 e. The number of hydrogen-bond acceptors (Lipinski definition) is 6. The second-order valence-corrected chi connectivity index (χ2v) is 12.3. The first-order valence-electron chi connectivity index (χ1n) is 12.5. The third-order valence-corrected chi connectivity index (χ3v) is 8.75. The molecule has 4 aromatic rings. The fraction of sp³-hybridized carbons (Fsp3) is 0.233. The highest BCUT2D eigenvalue weighted by atomic mass is 32.2. The molecule has 3 aromatic carbocycles. The van der Waals surface area contributed by atoms with E-state index in [1.165, 1.54) is 17.6 Å². The summed E-state index contributed by atoms with van der Waals surface area (Å²) in [6.45, 7) is 4.82. The Morgan fingerprint density at radius 3 is 1.79 bits per heavy atom. The van der Waals surface area contributed by atoms with Crippen LogP contribution in [-0.4, -0.2) is 64.9 Å². The molecule has 1 saturated heterocycles. The lowest BCUT2D eigenvalue weighted by atomic mass is 9.99. The van der Waals surface area contributed by atoms with E-state index < -0.39 is 9.84 Å². The van der Waals surface area contributed by atoms with E-state index in [0.29, 0.717) is 16.3 Å². The van der Waals surface area contributed by atoms with Gasteiger partial charge in [0.1, 0.15) is 0 Å². The molecule has 1 aromatic heterocycles. The number of sulfone groups is 1. The fourth-order valence-electron chi connectivity index (χ4n) is 4.45. The Labute approximate surface area is 227 Å². The van der Waals surface area contributed by atoms with Gasteiger partial charge in [0, 0.05) is 32.4 Å². The molecule has 8 heteroatoms. The van der Waals surface area contributed by atoms with Gasteiger partial charge >= 0.3 is 0 Å². The number of carbonyl (C=O) groups excluding carboxylic acids is 1. The van der Waals surface area contributed by atoms with Crippen LogP contribution in [0.5, 0.6) is 0 Å². The Morgan fingerprint density at radius 1 is 0.816 bits per heavy atom. The number of hydrogen-bond donors (Lipinski definition) is 1. The molecule has 0 saturated carbocycles. The molecule has 1 fully saturated rings. The Morgan fingerprint density at radius 2 is 1.29 bits per heavy atom. The van der Waals surface area contributed by atoms with Crippen LogP contribution in [0.15, 0.2) is 89.1 Å². The van der Waals surface area contributed by atoms with Crippen molar-refractivity contribution in [2.24, 2.45) is 0 Å². The van der Waals surface area contributed by atoms with Crippen LogP contribution < -0.4 is 5.32 Å². The maximum absolute atomic E-state index is 12.6. The summed E-state index contributed by atoms with van der Waals surface area (Å²) < 4.78 is 28.8. The minimum Gasteiger partial charge on any atom is -0.379 e. The lowest BCUT2D eigenvalue weighted by Gasteiger charge is -2.26. The fourth-order valence-corrected chi connectivity index (χ4v) is 5.91. The van der Waals surface area contributed by atoms with Crippen LogP contribution in [0.3, 0.4) is 0 Å². The number of carbonyl (C=O) groups is 1. The summed E-state index contributed by atoms with van der Waals surface area (Å²) in [6, 6.07) is 25.5. The Kier molecular flexibility index (Phi) is 8.04. The van der Waals surface area contributed by atoms with Gasteiger partial charge in [0.05, 0.1) is 23.0 Å². The minimum atomic E-state index is -3.20. The van der Waals surface area contributed by atoms with Crippen LogP contribution in [0.1, 0.15) is 9.67 Å². The number of morpholine rings is 1. The van der Waals surface area contributed by atoms with E-state index in [4.69, 9.17) is 4.74 Å². The summed E-state index contributed by atoms with van der Waals surface area (Å²) in [7, 11) is -3.20. The van der Waals surface area contributed by atoms with Crippen molar-refractivity contribution in [3.63, 3.8) is 0 Å². The third-order valence-electron chi connectivity index (χ3n) is 6.69. The first-order valence-corrected chi connectivity index (χ1v) is 15.3. The Hall–Kier alpha value is -3.30. The number of amides is 1. The molecule has 1 N–H and O–H groups in total. The molecule has 0 bridgehead atoms. The van der Waals surface area contributed by atoms with Crippen molar-refractivity contribution < 1.29 is 17.9 Å².